The molecule has 0 saturated heterocycles. The Morgan fingerprint density at radius 3 is 1.90 bits per heavy atom. The first-order valence-electron chi connectivity index (χ1n) is 7.66. The molecule has 7 heteroatoms. The Bertz CT molecular complexity index is 291. The summed E-state index contributed by atoms with van der Waals surface area (Å²) in [7, 11) is -0.373. The third-order valence-corrected chi connectivity index (χ3v) is 6.71. The topological polar surface area (TPSA) is 34.2 Å². The SMILES string of the molecule is CCO[Si](CCCN1C=CN(C)C1C)(OCC)OCC.Cl. The van der Waals surface area contributed by atoms with Crippen molar-refractivity contribution in [2.75, 3.05) is 33.4 Å². The second-order valence-electron chi connectivity index (χ2n) is 4.92. The van der Waals surface area contributed by atoms with E-state index in [1.165, 1.54) is 0 Å². The maximum Gasteiger partial charge on any atom is 0.500 e. The lowest BCUT2D eigenvalue weighted by molar-refractivity contribution is 0.0696. The quantitative estimate of drug-likeness (QED) is 0.572. The molecule has 1 rings (SSSR count). The van der Waals surface area contributed by atoms with Crippen LogP contribution in [0.2, 0.25) is 6.04 Å². The molecule has 1 unspecified atom stereocenters. The van der Waals surface area contributed by atoms with E-state index in [2.05, 4.69) is 36.2 Å². The van der Waals surface area contributed by atoms with Crippen molar-refractivity contribution >= 4 is 21.2 Å². The Kier molecular flexibility index (Phi) is 10.3. The molecule has 1 aliphatic heterocycles. The molecule has 0 bridgehead atoms. The van der Waals surface area contributed by atoms with Gasteiger partial charge in [-0.2, -0.15) is 0 Å². The minimum absolute atomic E-state index is 0. The fraction of sp³-hybridized carbons (Fsp3) is 0.857. The van der Waals surface area contributed by atoms with Gasteiger partial charge >= 0.3 is 8.80 Å². The van der Waals surface area contributed by atoms with E-state index in [-0.39, 0.29) is 12.4 Å². The first-order chi connectivity index (χ1) is 9.58. The maximum absolute atomic E-state index is 5.87. The van der Waals surface area contributed by atoms with E-state index in [4.69, 9.17) is 13.3 Å². The number of halogens is 1. The van der Waals surface area contributed by atoms with E-state index >= 15 is 0 Å². The van der Waals surface area contributed by atoms with E-state index in [1.54, 1.807) is 0 Å². The summed E-state index contributed by atoms with van der Waals surface area (Å²) >= 11 is 0. The van der Waals surface area contributed by atoms with Crippen molar-refractivity contribution in [3.8, 4) is 0 Å². The highest BCUT2D eigenvalue weighted by Crippen LogP contribution is 2.20. The number of hydrogen-bond donors (Lipinski definition) is 0. The Hall–Kier alpha value is -0.273. The monoisotopic (exact) mass is 338 g/mol. The second kappa shape index (κ2) is 10.5. The molecule has 0 fully saturated rings. The average molecular weight is 339 g/mol. The highest BCUT2D eigenvalue weighted by molar-refractivity contribution is 6.60. The largest absolute Gasteiger partial charge is 0.500 e. The smallest absolute Gasteiger partial charge is 0.374 e. The predicted molar refractivity (Wildman–Crippen MR) is 90.4 cm³/mol. The van der Waals surface area contributed by atoms with Gasteiger partial charge in [-0.15, -0.1) is 12.4 Å². The molecule has 1 heterocycles. The van der Waals surface area contributed by atoms with Crippen LogP contribution in [0.3, 0.4) is 0 Å². The van der Waals surface area contributed by atoms with Crippen LogP contribution in [0.25, 0.3) is 0 Å². The van der Waals surface area contributed by atoms with Gasteiger partial charge in [0.1, 0.15) is 0 Å². The average Bonchev–Trinajstić information content (AvgIpc) is 2.72. The third kappa shape index (κ3) is 6.16. The van der Waals surface area contributed by atoms with E-state index in [1.807, 2.05) is 20.8 Å². The van der Waals surface area contributed by atoms with Gasteiger partial charge in [-0.3, -0.25) is 0 Å². The molecule has 0 aliphatic carbocycles. The summed E-state index contributed by atoms with van der Waals surface area (Å²) < 4.78 is 17.6. The molecule has 0 saturated carbocycles. The zero-order valence-corrected chi connectivity index (χ0v) is 15.8. The predicted octanol–water partition coefficient (Wildman–Crippen LogP) is 2.91. The van der Waals surface area contributed by atoms with Gasteiger partial charge in [0, 0.05) is 51.9 Å². The number of hydrogen-bond acceptors (Lipinski definition) is 5. The summed E-state index contributed by atoms with van der Waals surface area (Å²) in [5, 5.41) is 0. The molecule has 1 aliphatic rings. The van der Waals surface area contributed by atoms with E-state index in [0.717, 1.165) is 19.0 Å². The Labute approximate surface area is 137 Å². The molecular weight excluding hydrogens is 308 g/mol. The van der Waals surface area contributed by atoms with Crippen LogP contribution >= 0.6 is 12.4 Å². The van der Waals surface area contributed by atoms with E-state index in [9.17, 15) is 0 Å². The molecule has 0 aromatic heterocycles. The number of nitrogens with zero attached hydrogens (tertiary/aromatic N) is 2. The fourth-order valence-electron chi connectivity index (χ4n) is 2.41. The molecular formula is C14H31ClN2O3Si. The van der Waals surface area contributed by atoms with Gasteiger partial charge in [-0.05, 0) is 34.1 Å². The van der Waals surface area contributed by atoms with E-state index in [0.29, 0.717) is 26.0 Å². The summed E-state index contributed by atoms with van der Waals surface area (Å²) in [5.74, 6) is 0. The van der Waals surface area contributed by atoms with Gasteiger partial charge in [0.2, 0.25) is 0 Å². The first kappa shape index (κ1) is 20.7. The van der Waals surface area contributed by atoms with Crippen molar-refractivity contribution in [2.45, 2.75) is 46.3 Å². The summed E-state index contributed by atoms with van der Waals surface area (Å²) in [4.78, 5) is 4.54. The zero-order valence-electron chi connectivity index (χ0n) is 14.0. The van der Waals surface area contributed by atoms with Crippen LogP contribution in [0.5, 0.6) is 0 Å². The van der Waals surface area contributed by atoms with Crippen molar-refractivity contribution in [3.05, 3.63) is 12.4 Å². The highest BCUT2D eigenvalue weighted by atomic mass is 35.5. The standard InChI is InChI=1S/C14H30N2O3Si.ClH/c1-6-17-20(18-7-2,19-8-3)13-9-10-16-12-11-15(5)14(16)4;/h11-12,14H,6-10,13H2,1-5H3;1H. The molecule has 0 N–H and O–H groups in total. The minimum Gasteiger partial charge on any atom is -0.374 e. The van der Waals surface area contributed by atoms with Crippen LogP contribution in [-0.2, 0) is 13.3 Å². The Balaban J connectivity index is 0.00000400. The lowest BCUT2D eigenvalue weighted by Gasteiger charge is -2.30. The van der Waals surface area contributed by atoms with Gasteiger partial charge < -0.3 is 23.1 Å². The summed E-state index contributed by atoms with van der Waals surface area (Å²) in [6.07, 6.45) is 5.71. The Morgan fingerprint density at radius 2 is 1.52 bits per heavy atom. The van der Waals surface area contributed by atoms with Gasteiger partial charge in [-0.1, -0.05) is 0 Å². The van der Waals surface area contributed by atoms with Crippen LogP contribution in [-0.4, -0.2) is 58.2 Å². The minimum atomic E-state index is -2.47. The summed E-state index contributed by atoms with van der Waals surface area (Å²) in [6, 6.07) is 0.878. The van der Waals surface area contributed by atoms with Crippen LogP contribution in [0.1, 0.15) is 34.1 Å². The van der Waals surface area contributed by atoms with Crippen LogP contribution in [0.4, 0.5) is 0 Å². The molecule has 0 aromatic rings. The van der Waals surface area contributed by atoms with Gasteiger partial charge in [0.05, 0.1) is 6.17 Å². The lowest BCUT2D eigenvalue weighted by Crippen LogP contribution is -2.46. The van der Waals surface area contributed by atoms with Crippen molar-refractivity contribution in [1.29, 1.82) is 0 Å². The number of rotatable bonds is 10. The molecule has 126 valence electrons. The van der Waals surface area contributed by atoms with Gasteiger partial charge in [0.15, 0.2) is 0 Å². The third-order valence-electron chi connectivity index (χ3n) is 3.55. The summed E-state index contributed by atoms with van der Waals surface area (Å²) in [5.41, 5.74) is 0. The molecule has 0 radical (unpaired) electrons. The van der Waals surface area contributed by atoms with Crippen molar-refractivity contribution < 1.29 is 13.3 Å². The second-order valence-corrected chi connectivity index (χ2v) is 7.65. The first-order valence-corrected chi connectivity index (χ1v) is 9.59. The lowest BCUT2D eigenvalue weighted by atomic mass is 10.4. The Morgan fingerprint density at radius 1 is 1.00 bits per heavy atom. The molecule has 21 heavy (non-hydrogen) atoms. The summed E-state index contributed by atoms with van der Waals surface area (Å²) in [6.45, 7) is 11.2. The highest BCUT2D eigenvalue weighted by Gasteiger charge is 2.39. The van der Waals surface area contributed by atoms with Crippen LogP contribution in [0, 0.1) is 0 Å². The molecule has 5 nitrogen and oxygen atoms in total. The molecule has 1 atom stereocenters. The van der Waals surface area contributed by atoms with Gasteiger partial charge in [-0.25, -0.2) is 0 Å². The van der Waals surface area contributed by atoms with Crippen LogP contribution in [0.15, 0.2) is 12.4 Å². The fourth-order valence-corrected chi connectivity index (χ4v) is 5.01. The van der Waals surface area contributed by atoms with E-state index < -0.39 is 8.80 Å². The van der Waals surface area contributed by atoms with Crippen molar-refractivity contribution in [1.82, 2.24) is 9.80 Å². The zero-order chi connectivity index (χ0) is 15.0. The van der Waals surface area contributed by atoms with Crippen molar-refractivity contribution in [3.63, 3.8) is 0 Å². The molecule has 0 amide bonds. The molecule has 0 spiro atoms. The normalized spacial score (nSPS) is 18.2. The molecule has 0 aromatic carbocycles. The van der Waals surface area contributed by atoms with Crippen LogP contribution < -0.4 is 0 Å². The maximum atomic E-state index is 5.87. The van der Waals surface area contributed by atoms with Gasteiger partial charge in [0.25, 0.3) is 0 Å². The van der Waals surface area contributed by atoms with Crippen molar-refractivity contribution in [2.24, 2.45) is 0 Å².